The number of likely N-dealkylation sites (tertiary alicyclic amines) is 1. The van der Waals surface area contributed by atoms with Crippen LogP contribution in [0.3, 0.4) is 0 Å². The molecule has 40 heavy (non-hydrogen) atoms. The van der Waals surface area contributed by atoms with Gasteiger partial charge in [0.25, 0.3) is 0 Å². The molecular formula is C34H33NO4S. The van der Waals surface area contributed by atoms with Crippen molar-refractivity contribution in [1.82, 2.24) is 4.90 Å². The number of thiophene rings is 1. The Hall–Kier alpha value is -3.87. The number of carbonyl (C=O) groups is 1. The maximum absolute atomic E-state index is 14.1. The predicted molar refractivity (Wildman–Crippen MR) is 164 cm³/mol. The van der Waals surface area contributed by atoms with Gasteiger partial charge in [0.2, 0.25) is 0 Å². The largest absolute Gasteiger partial charge is 0.497 e. The molecule has 1 fully saturated rings. The van der Waals surface area contributed by atoms with Crippen molar-refractivity contribution in [3.63, 3.8) is 0 Å². The first-order valence-corrected chi connectivity index (χ1v) is 14.6. The molecule has 2 heterocycles. The van der Waals surface area contributed by atoms with Gasteiger partial charge in [-0.3, -0.25) is 9.69 Å². The van der Waals surface area contributed by atoms with Crippen molar-refractivity contribution < 1.29 is 19.0 Å². The molecule has 1 saturated heterocycles. The third kappa shape index (κ3) is 5.42. The van der Waals surface area contributed by atoms with Gasteiger partial charge in [-0.1, -0.05) is 24.6 Å². The van der Waals surface area contributed by atoms with Gasteiger partial charge in [-0.15, -0.1) is 11.3 Å². The van der Waals surface area contributed by atoms with Crippen LogP contribution in [0.4, 0.5) is 0 Å². The number of piperidine rings is 1. The smallest absolute Gasteiger partial charge is 0.195 e. The van der Waals surface area contributed by atoms with E-state index in [4.69, 9.17) is 14.2 Å². The van der Waals surface area contributed by atoms with Crippen molar-refractivity contribution in [3.05, 3.63) is 90.0 Å². The molecular weight excluding hydrogens is 518 g/mol. The molecule has 4 aromatic carbocycles. The number of ketones is 1. The summed E-state index contributed by atoms with van der Waals surface area (Å²) in [6.45, 7) is 3.99. The van der Waals surface area contributed by atoms with E-state index in [9.17, 15) is 4.79 Å². The maximum Gasteiger partial charge on any atom is 0.195 e. The van der Waals surface area contributed by atoms with E-state index in [1.165, 1.54) is 32.4 Å². The fourth-order valence-corrected chi connectivity index (χ4v) is 6.68. The zero-order valence-corrected chi connectivity index (χ0v) is 23.8. The summed E-state index contributed by atoms with van der Waals surface area (Å²) >= 11 is 1.60. The van der Waals surface area contributed by atoms with Gasteiger partial charge in [-0.25, -0.2) is 0 Å². The second-order valence-electron chi connectivity index (χ2n) is 10.2. The Morgan fingerprint density at radius 2 is 1.48 bits per heavy atom. The SMILES string of the molecule is COc1ccc(-c2sc3cc(OC)ccc3c2C(=O)c2ccc3cc(OCCN4CCCCC4)ccc3c2)cc1. The zero-order chi connectivity index (χ0) is 27.5. The minimum atomic E-state index is 0.00555. The highest BCUT2D eigenvalue weighted by atomic mass is 32.1. The van der Waals surface area contributed by atoms with Crippen molar-refractivity contribution in [3.8, 4) is 27.7 Å². The minimum absolute atomic E-state index is 0.00555. The van der Waals surface area contributed by atoms with Crippen LogP contribution in [0.25, 0.3) is 31.3 Å². The van der Waals surface area contributed by atoms with E-state index in [-0.39, 0.29) is 5.78 Å². The van der Waals surface area contributed by atoms with Gasteiger partial charge >= 0.3 is 0 Å². The Morgan fingerprint density at radius 3 is 2.25 bits per heavy atom. The van der Waals surface area contributed by atoms with E-state index in [0.29, 0.717) is 17.7 Å². The molecule has 0 unspecified atom stereocenters. The Labute approximate surface area is 238 Å². The lowest BCUT2D eigenvalue weighted by Gasteiger charge is -2.26. The first-order chi connectivity index (χ1) is 19.6. The summed E-state index contributed by atoms with van der Waals surface area (Å²) in [5.74, 6) is 2.42. The van der Waals surface area contributed by atoms with E-state index >= 15 is 0 Å². The summed E-state index contributed by atoms with van der Waals surface area (Å²) in [4.78, 5) is 17.5. The fraction of sp³-hybridized carbons (Fsp3) is 0.265. The molecule has 0 spiro atoms. The number of methoxy groups -OCH3 is 2. The number of nitrogens with zero attached hydrogens (tertiary/aromatic N) is 1. The molecule has 1 aliphatic heterocycles. The van der Waals surface area contributed by atoms with Crippen molar-refractivity contribution >= 4 is 38.0 Å². The molecule has 0 saturated carbocycles. The summed E-state index contributed by atoms with van der Waals surface area (Å²) in [5.41, 5.74) is 2.36. The Morgan fingerprint density at radius 1 is 0.775 bits per heavy atom. The number of hydrogen-bond acceptors (Lipinski definition) is 6. The van der Waals surface area contributed by atoms with Crippen LogP contribution in [0.15, 0.2) is 78.9 Å². The summed E-state index contributed by atoms with van der Waals surface area (Å²) in [5, 5.41) is 3.00. The van der Waals surface area contributed by atoms with Crippen LogP contribution < -0.4 is 14.2 Å². The Bertz CT molecular complexity index is 1650. The maximum atomic E-state index is 14.1. The van der Waals surface area contributed by atoms with Crippen LogP contribution in [0.5, 0.6) is 17.2 Å². The van der Waals surface area contributed by atoms with Crippen molar-refractivity contribution in [2.24, 2.45) is 0 Å². The number of rotatable bonds is 9. The second kappa shape index (κ2) is 11.7. The molecule has 0 N–H and O–H groups in total. The minimum Gasteiger partial charge on any atom is -0.497 e. The molecule has 204 valence electrons. The molecule has 0 bridgehead atoms. The lowest BCUT2D eigenvalue weighted by atomic mass is 9.96. The molecule has 6 rings (SSSR count). The first-order valence-electron chi connectivity index (χ1n) is 13.8. The highest BCUT2D eigenvalue weighted by Crippen LogP contribution is 2.42. The number of fused-ring (bicyclic) bond motifs is 2. The summed E-state index contributed by atoms with van der Waals surface area (Å²) < 4.78 is 17.9. The van der Waals surface area contributed by atoms with Crippen LogP contribution >= 0.6 is 11.3 Å². The third-order valence-corrected chi connectivity index (χ3v) is 8.88. The lowest BCUT2D eigenvalue weighted by molar-refractivity contribution is 0.104. The van der Waals surface area contributed by atoms with Crippen LogP contribution in [0.2, 0.25) is 0 Å². The number of hydrogen-bond donors (Lipinski definition) is 0. The number of ether oxygens (including phenoxy) is 3. The van der Waals surface area contributed by atoms with Gasteiger partial charge in [0, 0.05) is 32.6 Å². The van der Waals surface area contributed by atoms with Crippen LogP contribution in [0.1, 0.15) is 35.2 Å². The van der Waals surface area contributed by atoms with Crippen LogP contribution in [-0.4, -0.2) is 51.1 Å². The average molecular weight is 552 g/mol. The highest BCUT2D eigenvalue weighted by molar-refractivity contribution is 7.22. The lowest BCUT2D eigenvalue weighted by Crippen LogP contribution is -2.33. The van der Waals surface area contributed by atoms with E-state index in [1.807, 2.05) is 72.8 Å². The van der Waals surface area contributed by atoms with E-state index in [1.54, 1.807) is 25.6 Å². The van der Waals surface area contributed by atoms with E-state index < -0.39 is 0 Å². The van der Waals surface area contributed by atoms with Crippen LogP contribution in [-0.2, 0) is 0 Å². The number of carbonyl (C=O) groups excluding carboxylic acids is 1. The van der Waals surface area contributed by atoms with Crippen LogP contribution in [0, 0.1) is 0 Å². The highest BCUT2D eigenvalue weighted by Gasteiger charge is 2.22. The number of benzene rings is 4. The third-order valence-electron chi connectivity index (χ3n) is 7.68. The topological polar surface area (TPSA) is 48.0 Å². The zero-order valence-electron chi connectivity index (χ0n) is 22.9. The molecule has 0 atom stereocenters. The van der Waals surface area contributed by atoms with E-state index in [0.717, 1.165) is 55.1 Å². The Kier molecular flexibility index (Phi) is 7.71. The summed E-state index contributed by atoms with van der Waals surface area (Å²) in [6, 6.07) is 25.8. The molecule has 5 nitrogen and oxygen atoms in total. The molecule has 0 radical (unpaired) electrons. The molecule has 1 aliphatic rings. The normalized spacial score (nSPS) is 13.9. The van der Waals surface area contributed by atoms with Gasteiger partial charge < -0.3 is 14.2 Å². The van der Waals surface area contributed by atoms with Gasteiger partial charge in [0.15, 0.2) is 5.78 Å². The van der Waals surface area contributed by atoms with Gasteiger partial charge in [0.05, 0.1) is 14.2 Å². The second-order valence-corrected chi connectivity index (χ2v) is 11.3. The molecule has 5 aromatic rings. The van der Waals surface area contributed by atoms with Crippen molar-refractivity contribution in [2.75, 3.05) is 40.5 Å². The molecule has 1 aromatic heterocycles. The quantitative estimate of drug-likeness (QED) is 0.175. The van der Waals surface area contributed by atoms with E-state index in [2.05, 4.69) is 11.0 Å². The molecule has 0 amide bonds. The predicted octanol–water partition coefficient (Wildman–Crippen LogP) is 7.83. The van der Waals surface area contributed by atoms with Crippen molar-refractivity contribution in [2.45, 2.75) is 19.3 Å². The monoisotopic (exact) mass is 551 g/mol. The van der Waals surface area contributed by atoms with Gasteiger partial charge in [0.1, 0.15) is 23.9 Å². The molecule has 6 heteroatoms. The average Bonchev–Trinajstić information content (AvgIpc) is 3.39. The van der Waals surface area contributed by atoms with Gasteiger partial charge in [-0.05, 0) is 103 Å². The fourth-order valence-electron chi connectivity index (χ4n) is 5.45. The standard InChI is InChI=1S/C34H33NO4S/c1-37-27-11-8-23(9-12-27)34-32(30-15-14-28(38-2)22-31(30)40-34)33(36)26-7-6-25-21-29(13-10-24(25)20-26)39-19-18-35-16-4-3-5-17-35/h6-15,20-22H,3-5,16-19H2,1-2H3. The summed E-state index contributed by atoms with van der Waals surface area (Å²) in [7, 11) is 3.31. The Balaban J connectivity index is 1.29. The molecule has 0 aliphatic carbocycles. The summed E-state index contributed by atoms with van der Waals surface area (Å²) in [6.07, 6.45) is 3.91. The first kappa shape index (κ1) is 26.4. The van der Waals surface area contributed by atoms with Gasteiger partial charge in [-0.2, -0.15) is 0 Å². The van der Waals surface area contributed by atoms with Crippen molar-refractivity contribution in [1.29, 1.82) is 0 Å².